The molecule has 24 heavy (non-hydrogen) atoms. The summed E-state index contributed by atoms with van der Waals surface area (Å²) >= 11 is 0. The second kappa shape index (κ2) is 5.63. The van der Waals surface area contributed by atoms with E-state index in [1.807, 2.05) is 41.8 Å². The van der Waals surface area contributed by atoms with E-state index >= 15 is 0 Å². The predicted molar refractivity (Wildman–Crippen MR) is 87.9 cm³/mol. The zero-order valence-electron chi connectivity index (χ0n) is 13.6. The highest BCUT2D eigenvalue weighted by Crippen LogP contribution is 2.18. The summed E-state index contributed by atoms with van der Waals surface area (Å²) in [4.78, 5) is 21.2. The summed E-state index contributed by atoms with van der Waals surface area (Å²) in [7, 11) is 1.93. The number of piperazine rings is 1. The Hall–Kier alpha value is -2.90. The summed E-state index contributed by atoms with van der Waals surface area (Å²) in [5, 5.41) is 8.77. The van der Waals surface area contributed by atoms with Gasteiger partial charge in [0.2, 0.25) is 0 Å². The molecular formula is C16H18N6O2. The van der Waals surface area contributed by atoms with Gasteiger partial charge in [0.1, 0.15) is 17.0 Å². The van der Waals surface area contributed by atoms with Gasteiger partial charge < -0.3 is 14.4 Å². The van der Waals surface area contributed by atoms with Gasteiger partial charge in [-0.25, -0.2) is 9.61 Å². The second-order valence-corrected chi connectivity index (χ2v) is 5.99. The molecule has 0 atom stereocenters. The minimum atomic E-state index is -0.0345. The molecule has 4 rings (SSSR count). The first-order valence-electron chi connectivity index (χ1n) is 7.89. The van der Waals surface area contributed by atoms with Gasteiger partial charge >= 0.3 is 0 Å². The highest BCUT2D eigenvalue weighted by Gasteiger charge is 2.25. The van der Waals surface area contributed by atoms with Crippen molar-refractivity contribution in [3.63, 3.8) is 0 Å². The van der Waals surface area contributed by atoms with Gasteiger partial charge in [0.05, 0.1) is 0 Å². The molecule has 3 aromatic rings. The highest BCUT2D eigenvalue weighted by molar-refractivity contribution is 5.94. The fourth-order valence-corrected chi connectivity index (χ4v) is 3.05. The molecule has 4 heterocycles. The lowest BCUT2D eigenvalue weighted by molar-refractivity contribution is 0.0741. The second-order valence-electron chi connectivity index (χ2n) is 5.99. The third-order valence-electron chi connectivity index (χ3n) is 4.43. The molecule has 1 aliphatic heterocycles. The standard InChI is InChI=1S/C16H18N6O2/c1-11-14(19-24-18-11)21-7-9-22(10-8-21)16(23)13-4-3-12-5-6-20(2)15(12)17-13/h3-6H,7-10H2,1-2H3. The molecule has 3 aromatic heterocycles. The van der Waals surface area contributed by atoms with E-state index in [4.69, 9.17) is 4.63 Å². The van der Waals surface area contributed by atoms with Crippen molar-refractivity contribution in [1.82, 2.24) is 24.8 Å². The Bertz CT molecular complexity index is 891. The van der Waals surface area contributed by atoms with Gasteiger partial charge in [-0.05, 0) is 30.3 Å². The molecule has 0 unspecified atom stereocenters. The van der Waals surface area contributed by atoms with Crippen molar-refractivity contribution in [1.29, 1.82) is 0 Å². The van der Waals surface area contributed by atoms with Crippen molar-refractivity contribution in [2.45, 2.75) is 6.92 Å². The number of rotatable bonds is 2. The van der Waals surface area contributed by atoms with Crippen LogP contribution in [0.25, 0.3) is 11.0 Å². The third-order valence-corrected chi connectivity index (χ3v) is 4.43. The van der Waals surface area contributed by atoms with E-state index in [-0.39, 0.29) is 5.91 Å². The van der Waals surface area contributed by atoms with E-state index < -0.39 is 0 Å². The smallest absolute Gasteiger partial charge is 0.272 e. The maximum Gasteiger partial charge on any atom is 0.272 e. The molecule has 0 spiro atoms. The van der Waals surface area contributed by atoms with Gasteiger partial charge in [-0.15, -0.1) is 0 Å². The summed E-state index contributed by atoms with van der Waals surface area (Å²) in [6.45, 7) is 4.51. The van der Waals surface area contributed by atoms with E-state index in [9.17, 15) is 4.79 Å². The monoisotopic (exact) mass is 326 g/mol. The zero-order valence-corrected chi connectivity index (χ0v) is 13.6. The number of amides is 1. The Morgan fingerprint density at radius 1 is 1.12 bits per heavy atom. The van der Waals surface area contributed by atoms with Crippen molar-refractivity contribution in [2.24, 2.45) is 7.05 Å². The number of carbonyl (C=O) groups excluding carboxylic acids is 1. The van der Waals surface area contributed by atoms with Crippen LogP contribution in [0.2, 0.25) is 0 Å². The molecule has 1 saturated heterocycles. The number of hydrogen-bond donors (Lipinski definition) is 0. The number of fused-ring (bicyclic) bond motifs is 1. The van der Waals surface area contributed by atoms with E-state index in [1.54, 1.807) is 6.07 Å². The largest absolute Gasteiger partial charge is 0.349 e. The maximum atomic E-state index is 12.7. The van der Waals surface area contributed by atoms with Crippen LogP contribution in [0.5, 0.6) is 0 Å². The fraction of sp³-hybridized carbons (Fsp3) is 0.375. The summed E-state index contributed by atoms with van der Waals surface area (Å²) in [5.41, 5.74) is 2.08. The van der Waals surface area contributed by atoms with Crippen LogP contribution in [0.3, 0.4) is 0 Å². The Morgan fingerprint density at radius 3 is 2.62 bits per heavy atom. The van der Waals surface area contributed by atoms with Crippen LogP contribution < -0.4 is 4.90 Å². The van der Waals surface area contributed by atoms with Crippen LogP contribution in [0, 0.1) is 6.92 Å². The molecule has 8 nitrogen and oxygen atoms in total. The van der Waals surface area contributed by atoms with Gasteiger partial charge in [-0.1, -0.05) is 5.16 Å². The first-order chi connectivity index (χ1) is 11.6. The maximum absolute atomic E-state index is 12.7. The van der Waals surface area contributed by atoms with Gasteiger partial charge in [-0.2, -0.15) is 0 Å². The van der Waals surface area contributed by atoms with Crippen molar-refractivity contribution in [3.05, 3.63) is 35.8 Å². The van der Waals surface area contributed by atoms with Gasteiger partial charge in [-0.3, -0.25) is 4.79 Å². The van der Waals surface area contributed by atoms with E-state index in [1.165, 1.54) is 0 Å². The SMILES string of the molecule is Cc1nonc1N1CCN(C(=O)c2ccc3ccn(C)c3n2)CC1. The summed E-state index contributed by atoms with van der Waals surface area (Å²) in [5.74, 6) is 0.721. The topological polar surface area (TPSA) is 80.3 Å². The number of aromatic nitrogens is 4. The number of aryl methyl sites for hydroxylation is 2. The van der Waals surface area contributed by atoms with Crippen LogP contribution in [0.15, 0.2) is 29.0 Å². The molecule has 124 valence electrons. The molecule has 0 N–H and O–H groups in total. The molecule has 8 heteroatoms. The molecule has 0 aliphatic carbocycles. The van der Waals surface area contributed by atoms with Gasteiger partial charge in [0.25, 0.3) is 5.91 Å². The lowest BCUT2D eigenvalue weighted by Gasteiger charge is -2.34. The minimum Gasteiger partial charge on any atom is -0.349 e. The van der Waals surface area contributed by atoms with Crippen LogP contribution in [0.4, 0.5) is 5.82 Å². The van der Waals surface area contributed by atoms with Gasteiger partial charge in [0.15, 0.2) is 5.82 Å². The first-order valence-corrected chi connectivity index (χ1v) is 7.89. The molecule has 0 saturated carbocycles. The van der Waals surface area contributed by atoms with Crippen LogP contribution in [-0.2, 0) is 7.05 Å². The van der Waals surface area contributed by atoms with Crippen LogP contribution in [-0.4, -0.2) is 56.9 Å². The van der Waals surface area contributed by atoms with Crippen LogP contribution in [0.1, 0.15) is 16.2 Å². The lowest BCUT2D eigenvalue weighted by Crippen LogP contribution is -2.49. The van der Waals surface area contributed by atoms with E-state index in [0.29, 0.717) is 31.9 Å². The Kier molecular flexibility index (Phi) is 3.44. The number of hydrogen-bond acceptors (Lipinski definition) is 6. The number of pyridine rings is 1. The van der Waals surface area contributed by atoms with E-state index in [2.05, 4.69) is 20.2 Å². The van der Waals surface area contributed by atoms with Crippen molar-refractivity contribution < 1.29 is 9.42 Å². The molecule has 0 bridgehead atoms. The van der Waals surface area contributed by atoms with Crippen molar-refractivity contribution in [3.8, 4) is 0 Å². The quantitative estimate of drug-likeness (QED) is 0.704. The minimum absolute atomic E-state index is 0.0345. The molecule has 1 amide bonds. The Balaban J connectivity index is 1.49. The molecule has 0 aromatic carbocycles. The van der Waals surface area contributed by atoms with Crippen molar-refractivity contribution >= 4 is 22.8 Å². The number of carbonyl (C=O) groups is 1. The number of anilines is 1. The Morgan fingerprint density at radius 2 is 1.92 bits per heavy atom. The number of nitrogens with zero attached hydrogens (tertiary/aromatic N) is 6. The summed E-state index contributed by atoms with van der Waals surface area (Å²) < 4.78 is 6.67. The van der Waals surface area contributed by atoms with E-state index in [0.717, 1.165) is 22.5 Å². The van der Waals surface area contributed by atoms with Crippen molar-refractivity contribution in [2.75, 3.05) is 31.1 Å². The predicted octanol–water partition coefficient (Wildman–Crippen LogP) is 1.23. The van der Waals surface area contributed by atoms with Crippen LogP contribution >= 0.6 is 0 Å². The molecule has 1 fully saturated rings. The normalized spacial score (nSPS) is 15.2. The first kappa shape index (κ1) is 14.7. The Labute approximate surface area is 138 Å². The fourth-order valence-electron chi connectivity index (χ4n) is 3.05. The average Bonchev–Trinajstić information content (AvgIpc) is 3.20. The van der Waals surface area contributed by atoms with Gasteiger partial charge in [0, 0.05) is 44.8 Å². The molecule has 1 aliphatic rings. The lowest BCUT2D eigenvalue weighted by atomic mass is 10.2. The molecule has 0 radical (unpaired) electrons. The highest BCUT2D eigenvalue weighted by atomic mass is 16.6. The summed E-state index contributed by atoms with van der Waals surface area (Å²) in [6, 6.07) is 5.72. The average molecular weight is 326 g/mol. The zero-order chi connectivity index (χ0) is 16.7. The molecular weight excluding hydrogens is 308 g/mol. The third kappa shape index (κ3) is 2.40. The summed E-state index contributed by atoms with van der Waals surface area (Å²) in [6.07, 6.45) is 1.94.